The summed E-state index contributed by atoms with van der Waals surface area (Å²) in [7, 11) is 0. The largest absolute Gasteiger partial charge is 0.381 e. The number of halogens is 2. The van der Waals surface area contributed by atoms with E-state index < -0.39 is 5.92 Å². The van der Waals surface area contributed by atoms with Crippen LogP contribution in [-0.4, -0.2) is 55.7 Å². The second-order valence-corrected chi connectivity index (χ2v) is 7.22. The van der Waals surface area contributed by atoms with Crippen LogP contribution in [0.15, 0.2) is 0 Å². The van der Waals surface area contributed by atoms with Gasteiger partial charge in [0.15, 0.2) is 0 Å². The Morgan fingerprint density at radius 3 is 2.43 bits per heavy atom. The maximum atomic E-state index is 13.2. The van der Waals surface area contributed by atoms with E-state index in [0.717, 1.165) is 39.1 Å². The minimum atomic E-state index is -2.57. The summed E-state index contributed by atoms with van der Waals surface area (Å²) < 4.78 is 37.7. The molecule has 0 aromatic rings. The maximum absolute atomic E-state index is 13.2. The fraction of sp³-hybridized carbons (Fsp3) is 0.941. The molecule has 3 rings (SSSR count). The van der Waals surface area contributed by atoms with Gasteiger partial charge in [-0.25, -0.2) is 8.78 Å². The number of ether oxygens (including phenoxy) is 2. The lowest BCUT2D eigenvalue weighted by Gasteiger charge is -2.36. The third-order valence-electron chi connectivity index (χ3n) is 5.41. The number of likely N-dealkylation sites (tertiary alicyclic amines) is 1. The van der Waals surface area contributed by atoms with E-state index in [1.165, 1.54) is 0 Å². The van der Waals surface area contributed by atoms with Crippen molar-refractivity contribution in [3.05, 3.63) is 0 Å². The van der Waals surface area contributed by atoms with Gasteiger partial charge in [-0.15, -0.1) is 0 Å². The smallest absolute Gasteiger partial charge is 0.248 e. The molecule has 4 nitrogen and oxygen atoms in total. The van der Waals surface area contributed by atoms with Crippen molar-refractivity contribution < 1.29 is 23.0 Å². The molecule has 0 aromatic heterocycles. The van der Waals surface area contributed by atoms with E-state index in [9.17, 15) is 13.6 Å². The molecule has 3 fully saturated rings. The molecule has 2 heterocycles. The summed E-state index contributed by atoms with van der Waals surface area (Å²) >= 11 is 0. The first-order valence-electron chi connectivity index (χ1n) is 8.89. The van der Waals surface area contributed by atoms with E-state index in [2.05, 4.69) is 0 Å². The second kappa shape index (κ2) is 7.43. The normalized spacial score (nSPS) is 29.8. The van der Waals surface area contributed by atoms with E-state index in [4.69, 9.17) is 9.47 Å². The summed E-state index contributed by atoms with van der Waals surface area (Å²) in [5.41, 5.74) is 0. The molecule has 0 bridgehead atoms. The zero-order valence-electron chi connectivity index (χ0n) is 13.6. The zero-order valence-corrected chi connectivity index (χ0v) is 13.6. The number of carbonyl (C=O) groups excluding carboxylic acids is 1. The highest BCUT2D eigenvalue weighted by molar-refractivity contribution is 5.79. The third-order valence-corrected chi connectivity index (χ3v) is 5.41. The van der Waals surface area contributed by atoms with Crippen LogP contribution in [0.2, 0.25) is 0 Å². The quantitative estimate of drug-likeness (QED) is 0.795. The highest BCUT2D eigenvalue weighted by atomic mass is 19.3. The van der Waals surface area contributed by atoms with Gasteiger partial charge in [-0.2, -0.15) is 0 Å². The van der Waals surface area contributed by atoms with Crippen molar-refractivity contribution in [1.29, 1.82) is 0 Å². The molecule has 23 heavy (non-hydrogen) atoms. The first-order valence-corrected chi connectivity index (χ1v) is 8.89. The summed E-state index contributed by atoms with van der Waals surface area (Å²) in [4.78, 5) is 14.3. The van der Waals surface area contributed by atoms with Gasteiger partial charge in [0, 0.05) is 44.4 Å². The van der Waals surface area contributed by atoms with Gasteiger partial charge in [0.2, 0.25) is 11.8 Å². The SMILES string of the molecule is O=C(C1CCC(F)(F)CC1)N1CCC(OCC2CCOC2)CC1. The van der Waals surface area contributed by atoms with Gasteiger partial charge >= 0.3 is 0 Å². The summed E-state index contributed by atoms with van der Waals surface area (Å²) in [6, 6.07) is 0. The molecule has 0 spiro atoms. The summed E-state index contributed by atoms with van der Waals surface area (Å²) in [5.74, 6) is -2.19. The first-order chi connectivity index (χ1) is 11.0. The maximum Gasteiger partial charge on any atom is 0.248 e. The molecule has 6 heteroatoms. The van der Waals surface area contributed by atoms with Gasteiger partial charge in [-0.3, -0.25) is 4.79 Å². The molecule has 3 aliphatic rings. The van der Waals surface area contributed by atoms with Crippen LogP contribution in [0, 0.1) is 11.8 Å². The van der Waals surface area contributed by atoms with Crippen LogP contribution in [0.3, 0.4) is 0 Å². The van der Waals surface area contributed by atoms with Crippen LogP contribution in [0.25, 0.3) is 0 Å². The van der Waals surface area contributed by atoms with Crippen LogP contribution >= 0.6 is 0 Å². The van der Waals surface area contributed by atoms with E-state index >= 15 is 0 Å². The molecule has 2 aliphatic heterocycles. The van der Waals surface area contributed by atoms with Crippen molar-refractivity contribution in [3.8, 4) is 0 Å². The fourth-order valence-electron chi connectivity index (χ4n) is 3.78. The Balaban J connectivity index is 1.37. The molecule has 0 radical (unpaired) electrons. The zero-order chi connectivity index (χ0) is 16.3. The Hall–Kier alpha value is -0.750. The van der Waals surface area contributed by atoms with E-state index in [1.807, 2.05) is 4.90 Å². The lowest BCUT2D eigenvalue weighted by atomic mass is 9.85. The number of carbonyl (C=O) groups is 1. The van der Waals surface area contributed by atoms with Gasteiger partial charge in [-0.1, -0.05) is 0 Å². The second-order valence-electron chi connectivity index (χ2n) is 7.22. The number of rotatable bonds is 4. The van der Waals surface area contributed by atoms with Crippen molar-refractivity contribution in [2.75, 3.05) is 32.9 Å². The molecule has 2 saturated heterocycles. The Labute approximate surface area is 136 Å². The fourth-order valence-corrected chi connectivity index (χ4v) is 3.78. The Morgan fingerprint density at radius 1 is 1.13 bits per heavy atom. The van der Waals surface area contributed by atoms with Crippen molar-refractivity contribution in [1.82, 2.24) is 4.90 Å². The Bertz CT molecular complexity index is 395. The van der Waals surface area contributed by atoms with Crippen LogP contribution in [-0.2, 0) is 14.3 Å². The van der Waals surface area contributed by atoms with Crippen molar-refractivity contribution >= 4 is 5.91 Å². The van der Waals surface area contributed by atoms with Crippen molar-refractivity contribution in [2.45, 2.75) is 57.0 Å². The summed E-state index contributed by atoms with van der Waals surface area (Å²) in [6.07, 6.45) is 3.34. The highest BCUT2D eigenvalue weighted by Gasteiger charge is 2.39. The summed E-state index contributed by atoms with van der Waals surface area (Å²) in [5, 5.41) is 0. The van der Waals surface area contributed by atoms with E-state index in [0.29, 0.717) is 31.8 Å². The lowest BCUT2D eigenvalue weighted by Crippen LogP contribution is -2.45. The minimum Gasteiger partial charge on any atom is -0.381 e. The monoisotopic (exact) mass is 331 g/mol. The number of hydrogen-bond acceptors (Lipinski definition) is 3. The van der Waals surface area contributed by atoms with E-state index in [1.54, 1.807) is 0 Å². The van der Waals surface area contributed by atoms with Crippen molar-refractivity contribution in [2.24, 2.45) is 11.8 Å². The highest BCUT2D eigenvalue weighted by Crippen LogP contribution is 2.37. The molecule has 132 valence electrons. The molecule has 1 saturated carbocycles. The average Bonchev–Trinajstić information content (AvgIpc) is 3.06. The molecular weight excluding hydrogens is 304 g/mol. The predicted octanol–water partition coefficient (Wildman–Crippen LogP) is 2.86. The standard InChI is InChI=1S/C17H27F2NO3/c18-17(19)6-1-14(2-7-17)16(21)20-8-3-15(4-9-20)23-12-13-5-10-22-11-13/h13-15H,1-12H2. The van der Waals surface area contributed by atoms with Gasteiger partial charge in [0.25, 0.3) is 0 Å². The van der Waals surface area contributed by atoms with Gasteiger partial charge in [-0.05, 0) is 32.1 Å². The lowest BCUT2D eigenvalue weighted by molar-refractivity contribution is -0.142. The summed E-state index contributed by atoms with van der Waals surface area (Å²) in [6.45, 7) is 3.76. The molecule has 0 N–H and O–H groups in total. The van der Waals surface area contributed by atoms with Crippen molar-refractivity contribution in [3.63, 3.8) is 0 Å². The molecule has 0 aromatic carbocycles. The van der Waals surface area contributed by atoms with Gasteiger partial charge in [0.1, 0.15) is 0 Å². The predicted molar refractivity (Wildman–Crippen MR) is 81.4 cm³/mol. The topological polar surface area (TPSA) is 38.8 Å². The molecule has 1 amide bonds. The van der Waals surface area contributed by atoms with Crippen LogP contribution in [0.4, 0.5) is 8.78 Å². The van der Waals surface area contributed by atoms with Crippen LogP contribution in [0.1, 0.15) is 44.9 Å². The third kappa shape index (κ3) is 4.63. The van der Waals surface area contributed by atoms with Crippen LogP contribution in [0.5, 0.6) is 0 Å². The molecule has 1 aliphatic carbocycles. The number of alkyl halides is 2. The Morgan fingerprint density at radius 2 is 1.83 bits per heavy atom. The number of amides is 1. The molecule has 1 atom stereocenters. The number of hydrogen-bond donors (Lipinski definition) is 0. The number of piperidine rings is 1. The van der Waals surface area contributed by atoms with E-state index in [-0.39, 0.29) is 30.8 Å². The minimum absolute atomic E-state index is 0.0724. The Kier molecular flexibility index (Phi) is 5.52. The van der Waals surface area contributed by atoms with Gasteiger partial charge < -0.3 is 14.4 Å². The molecular formula is C17H27F2NO3. The number of nitrogens with zero attached hydrogens (tertiary/aromatic N) is 1. The molecule has 1 unspecified atom stereocenters. The van der Waals surface area contributed by atoms with Gasteiger partial charge in [0.05, 0.1) is 19.3 Å². The average molecular weight is 331 g/mol. The van der Waals surface area contributed by atoms with Crippen LogP contribution < -0.4 is 0 Å². The first kappa shape index (κ1) is 17.1.